The van der Waals surface area contributed by atoms with Gasteiger partial charge in [-0.15, -0.1) is 0 Å². The maximum Gasteiger partial charge on any atom is 0.276 e. The van der Waals surface area contributed by atoms with Crippen LogP contribution in [0.2, 0.25) is 0 Å². The lowest BCUT2D eigenvalue weighted by molar-refractivity contribution is -0.0593. The third-order valence-corrected chi connectivity index (χ3v) is 6.02. The topological polar surface area (TPSA) is 64.8 Å². The first kappa shape index (κ1) is 17.6. The molecule has 5 rings (SSSR count). The first-order valence-corrected chi connectivity index (χ1v) is 9.97. The molecule has 0 radical (unpaired) electrons. The van der Waals surface area contributed by atoms with Crippen LogP contribution in [0.25, 0.3) is 11.3 Å². The minimum absolute atomic E-state index is 0.126. The molecule has 3 atom stereocenters. The fraction of sp³-hybridized carbons (Fsp3) is 0.455. The molecule has 0 unspecified atom stereocenters. The molecule has 1 aromatic carbocycles. The van der Waals surface area contributed by atoms with Crippen molar-refractivity contribution in [1.29, 1.82) is 0 Å². The predicted octanol–water partition coefficient (Wildman–Crippen LogP) is 3.37. The second kappa shape index (κ2) is 7.53. The highest BCUT2D eigenvalue weighted by Crippen LogP contribution is 2.43. The number of hydrogen-bond acceptors (Lipinski definition) is 5. The van der Waals surface area contributed by atoms with Crippen LogP contribution in [0.15, 0.2) is 53.3 Å². The van der Waals surface area contributed by atoms with Gasteiger partial charge in [-0.3, -0.25) is 4.79 Å². The van der Waals surface area contributed by atoms with Crippen molar-refractivity contribution in [2.24, 2.45) is 17.8 Å². The van der Waals surface area contributed by atoms with Gasteiger partial charge in [-0.05, 0) is 30.6 Å². The number of aromatic nitrogens is 1. The highest BCUT2D eigenvalue weighted by Gasteiger charge is 2.38. The van der Waals surface area contributed by atoms with Crippen molar-refractivity contribution in [3.8, 4) is 11.3 Å². The molecule has 1 aliphatic heterocycles. The fourth-order valence-corrected chi connectivity index (χ4v) is 4.66. The third kappa shape index (κ3) is 3.38. The Morgan fingerprint density at radius 3 is 2.61 bits per heavy atom. The van der Waals surface area contributed by atoms with E-state index in [1.54, 1.807) is 0 Å². The van der Waals surface area contributed by atoms with E-state index in [4.69, 9.17) is 13.9 Å². The standard InChI is InChI=1S/C22H24N2O4/c25-22(20-21(28-14-23-20)16-4-2-1-3-5-16)24(13-19-26-8-9-27-19)12-18-11-15-6-7-17(18)10-15/h1-7,14-15,17-19H,8-13H2/t15-,17+,18-/m0/s1. The highest BCUT2D eigenvalue weighted by molar-refractivity contribution is 5.97. The Balaban J connectivity index is 1.39. The SMILES string of the molecule is O=C(c1ncoc1-c1ccccc1)N(CC1OCCO1)C[C@@H]1C[C@H]2C=C[C@@H]1C2. The van der Waals surface area contributed by atoms with Crippen molar-refractivity contribution >= 4 is 5.91 Å². The van der Waals surface area contributed by atoms with E-state index < -0.39 is 0 Å². The molecule has 1 saturated heterocycles. The summed E-state index contributed by atoms with van der Waals surface area (Å²) in [7, 11) is 0. The number of oxazole rings is 1. The first-order valence-electron chi connectivity index (χ1n) is 9.97. The zero-order valence-corrected chi connectivity index (χ0v) is 15.7. The molecule has 2 aromatic rings. The van der Waals surface area contributed by atoms with Gasteiger partial charge in [-0.2, -0.15) is 0 Å². The number of ether oxygens (including phenoxy) is 2. The molecule has 6 nitrogen and oxygen atoms in total. The number of allylic oxidation sites excluding steroid dienone is 2. The summed E-state index contributed by atoms with van der Waals surface area (Å²) in [4.78, 5) is 19.6. The van der Waals surface area contributed by atoms with E-state index in [0.29, 0.717) is 55.5 Å². The lowest BCUT2D eigenvalue weighted by atomic mass is 9.93. The molecular formula is C22H24N2O4. The van der Waals surface area contributed by atoms with Crippen LogP contribution >= 0.6 is 0 Å². The van der Waals surface area contributed by atoms with Crippen molar-refractivity contribution in [3.63, 3.8) is 0 Å². The molecule has 2 aliphatic carbocycles. The average Bonchev–Trinajstić information content (AvgIpc) is 3.52. The van der Waals surface area contributed by atoms with Gasteiger partial charge in [-0.1, -0.05) is 42.5 Å². The van der Waals surface area contributed by atoms with E-state index in [0.717, 1.165) is 12.0 Å². The van der Waals surface area contributed by atoms with Crippen LogP contribution in [0.5, 0.6) is 0 Å². The third-order valence-electron chi connectivity index (χ3n) is 6.02. The van der Waals surface area contributed by atoms with Crippen molar-refractivity contribution < 1.29 is 18.7 Å². The molecule has 146 valence electrons. The minimum atomic E-state index is -0.370. The van der Waals surface area contributed by atoms with Gasteiger partial charge in [0.25, 0.3) is 5.91 Å². The summed E-state index contributed by atoms with van der Waals surface area (Å²) in [5.74, 6) is 2.09. The van der Waals surface area contributed by atoms with Crippen LogP contribution in [0.3, 0.4) is 0 Å². The van der Waals surface area contributed by atoms with E-state index in [9.17, 15) is 4.79 Å². The van der Waals surface area contributed by atoms with Crippen LogP contribution in [0.1, 0.15) is 23.3 Å². The van der Waals surface area contributed by atoms with Gasteiger partial charge in [0.2, 0.25) is 0 Å². The number of carbonyl (C=O) groups excluding carboxylic acids is 1. The lowest BCUT2D eigenvalue weighted by Crippen LogP contribution is -2.42. The summed E-state index contributed by atoms with van der Waals surface area (Å²) in [6.45, 7) is 2.25. The van der Waals surface area contributed by atoms with Gasteiger partial charge in [0.05, 0.1) is 19.8 Å². The molecular weight excluding hydrogens is 356 g/mol. The summed E-state index contributed by atoms with van der Waals surface area (Å²) in [5, 5.41) is 0. The minimum Gasteiger partial charge on any atom is -0.443 e. The molecule has 0 spiro atoms. The van der Waals surface area contributed by atoms with Crippen LogP contribution in [0, 0.1) is 17.8 Å². The highest BCUT2D eigenvalue weighted by atomic mass is 16.7. The number of amides is 1. The maximum atomic E-state index is 13.5. The summed E-state index contributed by atoms with van der Waals surface area (Å²) in [5.41, 5.74) is 1.20. The van der Waals surface area contributed by atoms with Gasteiger partial charge in [-0.25, -0.2) is 4.98 Å². The smallest absolute Gasteiger partial charge is 0.276 e. The molecule has 6 heteroatoms. The van der Waals surface area contributed by atoms with E-state index >= 15 is 0 Å². The second-order valence-corrected chi connectivity index (χ2v) is 7.82. The summed E-state index contributed by atoms with van der Waals surface area (Å²) >= 11 is 0. The fourth-order valence-electron chi connectivity index (χ4n) is 4.66. The molecule has 2 heterocycles. The second-order valence-electron chi connectivity index (χ2n) is 7.82. The Morgan fingerprint density at radius 2 is 1.89 bits per heavy atom. The average molecular weight is 380 g/mol. The summed E-state index contributed by atoms with van der Waals surface area (Å²) in [6.07, 6.45) is 7.96. The van der Waals surface area contributed by atoms with Crippen molar-refractivity contribution in [1.82, 2.24) is 9.88 Å². The Labute approximate surface area is 164 Å². The van der Waals surface area contributed by atoms with Crippen LogP contribution in [-0.2, 0) is 9.47 Å². The van der Waals surface area contributed by atoms with E-state index in [2.05, 4.69) is 17.1 Å². The lowest BCUT2D eigenvalue weighted by Gasteiger charge is -2.29. The van der Waals surface area contributed by atoms with Crippen LogP contribution in [-0.4, -0.2) is 48.4 Å². The monoisotopic (exact) mass is 380 g/mol. The normalized spacial score (nSPS) is 26.2. The Hall–Kier alpha value is -2.44. The first-order chi connectivity index (χ1) is 13.8. The largest absolute Gasteiger partial charge is 0.443 e. The number of fused-ring (bicyclic) bond motifs is 2. The molecule has 28 heavy (non-hydrogen) atoms. The summed E-state index contributed by atoms with van der Waals surface area (Å²) in [6, 6.07) is 9.62. The van der Waals surface area contributed by atoms with E-state index in [1.165, 1.54) is 12.8 Å². The molecule has 2 fully saturated rings. The predicted molar refractivity (Wildman–Crippen MR) is 102 cm³/mol. The van der Waals surface area contributed by atoms with Gasteiger partial charge >= 0.3 is 0 Å². The maximum absolute atomic E-state index is 13.5. The number of nitrogens with zero attached hydrogens (tertiary/aromatic N) is 2. The van der Waals surface area contributed by atoms with Crippen molar-refractivity contribution in [2.75, 3.05) is 26.3 Å². The van der Waals surface area contributed by atoms with Crippen molar-refractivity contribution in [2.45, 2.75) is 19.1 Å². The molecule has 3 aliphatic rings. The zero-order chi connectivity index (χ0) is 18.9. The van der Waals surface area contributed by atoms with E-state index in [1.807, 2.05) is 35.2 Å². The number of rotatable bonds is 6. The number of hydrogen-bond donors (Lipinski definition) is 0. The van der Waals surface area contributed by atoms with Crippen LogP contribution in [0.4, 0.5) is 0 Å². The van der Waals surface area contributed by atoms with Gasteiger partial charge in [0, 0.05) is 12.1 Å². The number of benzene rings is 1. The van der Waals surface area contributed by atoms with Gasteiger partial charge in [0.1, 0.15) is 0 Å². The van der Waals surface area contributed by atoms with Crippen LogP contribution < -0.4 is 0 Å². The quantitative estimate of drug-likeness (QED) is 0.719. The molecule has 2 bridgehead atoms. The van der Waals surface area contributed by atoms with Gasteiger partial charge in [0.15, 0.2) is 24.1 Å². The Morgan fingerprint density at radius 1 is 1.07 bits per heavy atom. The molecule has 1 aromatic heterocycles. The number of carbonyl (C=O) groups is 1. The Bertz CT molecular complexity index is 856. The van der Waals surface area contributed by atoms with Crippen molar-refractivity contribution in [3.05, 3.63) is 54.6 Å². The molecule has 1 saturated carbocycles. The molecule has 0 N–H and O–H groups in total. The van der Waals surface area contributed by atoms with E-state index in [-0.39, 0.29) is 12.2 Å². The van der Waals surface area contributed by atoms with Gasteiger partial charge < -0.3 is 18.8 Å². The zero-order valence-electron chi connectivity index (χ0n) is 15.7. The summed E-state index contributed by atoms with van der Waals surface area (Å²) < 4.78 is 16.8. The molecule has 1 amide bonds. The Kier molecular flexibility index (Phi) is 4.74.